The summed E-state index contributed by atoms with van der Waals surface area (Å²) < 4.78 is 34.4. The van der Waals surface area contributed by atoms with E-state index in [9.17, 15) is 13.2 Å². The van der Waals surface area contributed by atoms with Crippen molar-refractivity contribution in [3.05, 3.63) is 63.6 Å². The average molecular weight is 410 g/mol. The molecule has 27 heavy (non-hydrogen) atoms. The van der Waals surface area contributed by atoms with Gasteiger partial charge in [-0.2, -0.15) is 0 Å². The van der Waals surface area contributed by atoms with E-state index < -0.39 is 15.8 Å². The van der Waals surface area contributed by atoms with Gasteiger partial charge in [-0.3, -0.25) is 4.57 Å². The van der Waals surface area contributed by atoms with Crippen LogP contribution in [0.25, 0.3) is 11.1 Å². The normalized spacial score (nSPS) is 13.4. The Morgan fingerprint density at radius 1 is 1.22 bits per heavy atom. The molecule has 0 spiro atoms. The second kappa shape index (κ2) is 7.47. The molecule has 0 bridgehead atoms. The lowest BCUT2D eigenvalue weighted by molar-refractivity contribution is 0.299. The van der Waals surface area contributed by atoms with Crippen molar-refractivity contribution in [3.8, 4) is 0 Å². The van der Waals surface area contributed by atoms with Gasteiger partial charge < -0.3 is 9.32 Å². The summed E-state index contributed by atoms with van der Waals surface area (Å²) >= 11 is 6.26. The largest absolute Gasteiger partial charge is 0.419 e. The quantitative estimate of drug-likeness (QED) is 0.675. The zero-order valence-corrected chi connectivity index (χ0v) is 16.7. The standard InChI is InChI=1S/C18H20ClN3O4S/c1-21(2)16(13-6-4-5-7-14(13)19)11-20-27(24,25)12-8-9-15-17(10-12)26-18(23)22(15)3/h4-10,16,20H,11H2,1-3H3/t16-/m0/s1. The highest BCUT2D eigenvalue weighted by atomic mass is 35.5. The molecule has 3 aromatic rings. The Bertz CT molecular complexity index is 1130. The second-order valence-corrected chi connectivity index (χ2v) is 8.58. The van der Waals surface area contributed by atoms with Crippen molar-refractivity contribution in [2.45, 2.75) is 10.9 Å². The molecule has 9 heteroatoms. The van der Waals surface area contributed by atoms with Crippen LogP contribution in [0.1, 0.15) is 11.6 Å². The molecule has 1 atom stereocenters. The Morgan fingerprint density at radius 2 is 1.93 bits per heavy atom. The molecule has 0 aliphatic carbocycles. The van der Waals surface area contributed by atoms with Crippen molar-refractivity contribution in [1.82, 2.24) is 14.2 Å². The maximum atomic E-state index is 12.7. The minimum absolute atomic E-state index is 0.0287. The number of aromatic nitrogens is 1. The van der Waals surface area contributed by atoms with Gasteiger partial charge in [0.05, 0.1) is 10.4 Å². The highest BCUT2D eigenvalue weighted by Crippen LogP contribution is 2.26. The van der Waals surface area contributed by atoms with Crippen LogP contribution in [-0.4, -0.2) is 38.5 Å². The average Bonchev–Trinajstić information content (AvgIpc) is 2.90. The minimum atomic E-state index is -3.80. The smallest absolute Gasteiger partial charge is 0.408 e. The van der Waals surface area contributed by atoms with E-state index in [1.54, 1.807) is 19.2 Å². The number of nitrogens with zero attached hydrogens (tertiary/aromatic N) is 2. The third kappa shape index (κ3) is 3.93. The van der Waals surface area contributed by atoms with Crippen LogP contribution in [-0.2, 0) is 17.1 Å². The molecule has 7 nitrogen and oxygen atoms in total. The number of fused-ring (bicyclic) bond motifs is 1. The maximum absolute atomic E-state index is 12.7. The Labute approximate surface area is 162 Å². The number of halogens is 1. The van der Waals surface area contributed by atoms with Crippen molar-refractivity contribution in [1.29, 1.82) is 0 Å². The van der Waals surface area contributed by atoms with Crippen LogP contribution in [0.2, 0.25) is 5.02 Å². The second-order valence-electron chi connectivity index (χ2n) is 6.41. The highest BCUT2D eigenvalue weighted by Gasteiger charge is 2.22. The van der Waals surface area contributed by atoms with E-state index in [1.165, 1.54) is 16.7 Å². The van der Waals surface area contributed by atoms with Crippen LogP contribution < -0.4 is 10.5 Å². The van der Waals surface area contributed by atoms with Gasteiger partial charge in [-0.1, -0.05) is 29.8 Å². The fraction of sp³-hybridized carbons (Fsp3) is 0.278. The number of likely N-dealkylation sites (N-methyl/N-ethyl adjacent to an activating group) is 1. The number of benzene rings is 2. The lowest BCUT2D eigenvalue weighted by Crippen LogP contribution is -2.34. The fourth-order valence-electron chi connectivity index (χ4n) is 2.87. The number of hydrogen-bond acceptors (Lipinski definition) is 5. The summed E-state index contributed by atoms with van der Waals surface area (Å²) in [5, 5.41) is 0.572. The monoisotopic (exact) mass is 409 g/mol. The third-order valence-electron chi connectivity index (χ3n) is 4.43. The highest BCUT2D eigenvalue weighted by molar-refractivity contribution is 7.89. The van der Waals surface area contributed by atoms with E-state index in [-0.39, 0.29) is 23.1 Å². The maximum Gasteiger partial charge on any atom is 0.419 e. The summed E-state index contributed by atoms with van der Waals surface area (Å²) in [6.07, 6.45) is 0. The number of rotatable bonds is 6. The molecule has 0 saturated heterocycles. The summed E-state index contributed by atoms with van der Waals surface area (Å²) in [4.78, 5) is 13.5. The molecule has 0 saturated carbocycles. The number of hydrogen-bond donors (Lipinski definition) is 1. The number of aryl methyl sites for hydroxylation is 1. The van der Waals surface area contributed by atoms with Crippen LogP contribution in [0.4, 0.5) is 0 Å². The zero-order valence-electron chi connectivity index (χ0n) is 15.1. The summed E-state index contributed by atoms with van der Waals surface area (Å²) in [5.74, 6) is -0.543. The first-order valence-electron chi connectivity index (χ1n) is 8.21. The SMILES string of the molecule is CN(C)[C@@H](CNS(=O)(=O)c1ccc2c(c1)oc(=O)n2C)c1ccccc1Cl. The lowest BCUT2D eigenvalue weighted by Gasteiger charge is -2.26. The summed E-state index contributed by atoms with van der Waals surface area (Å²) in [6, 6.07) is 11.4. The lowest BCUT2D eigenvalue weighted by atomic mass is 10.1. The summed E-state index contributed by atoms with van der Waals surface area (Å²) in [5.41, 5.74) is 1.58. The molecule has 0 aliphatic heterocycles. The zero-order chi connectivity index (χ0) is 19.8. The van der Waals surface area contributed by atoms with Crippen molar-refractivity contribution in [2.75, 3.05) is 20.6 Å². The molecule has 3 rings (SSSR count). The molecular formula is C18H20ClN3O4S. The molecule has 144 valence electrons. The van der Waals surface area contributed by atoms with Gasteiger partial charge in [0.25, 0.3) is 0 Å². The first-order chi connectivity index (χ1) is 12.7. The first-order valence-corrected chi connectivity index (χ1v) is 10.1. The molecule has 2 aromatic carbocycles. The van der Waals surface area contributed by atoms with E-state index in [4.69, 9.17) is 16.0 Å². The topological polar surface area (TPSA) is 84.6 Å². The van der Waals surface area contributed by atoms with E-state index in [1.807, 2.05) is 37.2 Å². The molecular weight excluding hydrogens is 390 g/mol. The van der Waals surface area contributed by atoms with Crippen LogP contribution in [0, 0.1) is 0 Å². The third-order valence-corrected chi connectivity index (χ3v) is 6.19. The summed E-state index contributed by atoms with van der Waals surface area (Å²) in [7, 11) is 1.47. The molecule has 0 amide bonds. The van der Waals surface area contributed by atoms with Gasteiger partial charge in [0, 0.05) is 30.7 Å². The van der Waals surface area contributed by atoms with E-state index in [2.05, 4.69) is 4.72 Å². The van der Waals surface area contributed by atoms with Crippen LogP contribution in [0.3, 0.4) is 0 Å². The number of oxazole rings is 1. The Kier molecular flexibility index (Phi) is 5.43. The van der Waals surface area contributed by atoms with Gasteiger partial charge in [0.1, 0.15) is 0 Å². The molecule has 0 radical (unpaired) electrons. The number of nitrogens with one attached hydrogen (secondary N) is 1. The van der Waals surface area contributed by atoms with Gasteiger partial charge in [-0.05, 0) is 37.9 Å². The van der Waals surface area contributed by atoms with Gasteiger partial charge in [-0.15, -0.1) is 0 Å². The van der Waals surface area contributed by atoms with Gasteiger partial charge in [0.2, 0.25) is 10.0 Å². The Morgan fingerprint density at radius 3 is 2.59 bits per heavy atom. The van der Waals surface area contributed by atoms with Crippen molar-refractivity contribution in [2.24, 2.45) is 7.05 Å². The Balaban J connectivity index is 1.87. The molecule has 1 N–H and O–H groups in total. The van der Waals surface area contributed by atoms with E-state index >= 15 is 0 Å². The van der Waals surface area contributed by atoms with Crippen molar-refractivity contribution >= 4 is 32.7 Å². The van der Waals surface area contributed by atoms with Gasteiger partial charge in [-0.25, -0.2) is 17.9 Å². The van der Waals surface area contributed by atoms with Gasteiger partial charge >= 0.3 is 5.76 Å². The number of sulfonamides is 1. The predicted molar refractivity (Wildman–Crippen MR) is 105 cm³/mol. The van der Waals surface area contributed by atoms with Crippen LogP contribution >= 0.6 is 11.6 Å². The van der Waals surface area contributed by atoms with E-state index in [0.717, 1.165) is 5.56 Å². The first kappa shape index (κ1) is 19.6. The molecule has 1 aromatic heterocycles. The van der Waals surface area contributed by atoms with Crippen molar-refractivity contribution in [3.63, 3.8) is 0 Å². The molecule has 0 aliphatic rings. The summed E-state index contributed by atoms with van der Waals surface area (Å²) in [6.45, 7) is 0.135. The molecule has 0 unspecified atom stereocenters. The van der Waals surface area contributed by atoms with E-state index in [0.29, 0.717) is 10.5 Å². The van der Waals surface area contributed by atoms with Gasteiger partial charge in [0.15, 0.2) is 5.58 Å². The van der Waals surface area contributed by atoms with Crippen molar-refractivity contribution < 1.29 is 12.8 Å². The molecule has 1 heterocycles. The molecule has 0 fully saturated rings. The predicted octanol–water partition coefficient (Wildman–Crippen LogP) is 2.37. The fourth-order valence-corrected chi connectivity index (χ4v) is 4.18. The van der Waals surface area contributed by atoms with Crippen LogP contribution in [0.15, 0.2) is 56.6 Å². The van der Waals surface area contributed by atoms with Crippen LogP contribution in [0.5, 0.6) is 0 Å². The minimum Gasteiger partial charge on any atom is -0.408 e. The Hall–Kier alpha value is -2.13.